The van der Waals surface area contributed by atoms with Crippen molar-refractivity contribution in [2.75, 3.05) is 13.2 Å². The highest BCUT2D eigenvalue weighted by atomic mass is 32.1. The molecule has 1 aliphatic rings. The number of carbonyl (C=O) groups excluding carboxylic acids is 3. The molecule has 0 aromatic carbocycles. The van der Waals surface area contributed by atoms with Crippen LogP contribution in [0.15, 0.2) is 28.8 Å². The Hall–Kier alpha value is -2.35. The average molecular weight is 338 g/mol. The van der Waals surface area contributed by atoms with Crippen LogP contribution in [0.2, 0.25) is 0 Å². The molecule has 124 valence electrons. The fourth-order valence-electron chi connectivity index (χ4n) is 2.15. The lowest BCUT2D eigenvalue weighted by molar-refractivity contribution is -0.143. The molecule has 1 aromatic rings. The van der Waals surface area contributed by atoms with Gasteiger partial charge >= 0.3 is 18.0 Å². The van der Waals surface area contributed by atoms with E-state index in [1.165, 1.54) is 11.3 Å². The summed E-state index contributed by atoms with van der Waals surface area (Å²) in [5.74, 6) is -0.972. The minimum atomic E-state index is -0.545. The maximum Gasteiger partial charge on any atom is 0.338 e. The number of thiophene rings is 1. The van der Waals surface area contributed by atoms with Gasteiger partial charge in [-0.15, -0.1) is 11.3 Å². The van der Waals surface area contributed by atoms with Gasteiger partial charge in [0.15, 0.2) is 0 Å². The van der Waals surface area contributed by atoms with Crippen molar-refractivity contribution in [2.45, 2.75) is 26.3 Å². The minimum Gasteiger partial charge on any atom is -0.463 e. The summed E-state index contributed by atoms with van der Waals surface area (Å²) in [5.41, 5.74) is 0.509. The first-order chi connectivity index (χ1) is 11.0. The first-order valence-corrected chi connectivity index (χ1v) is 8.05. The van der Waals surface area contributed by atoms with Crippen LogP contribution >= 0.6 is 11.3 Å². The monoisotopic (exact) mass is 338 g/mol. The van der Waals surface area contributed by atoms with Crippen molar-refractivity contribution >= 4 is 29.3 Å². The van der Waals surface area contributed by atoms with Gasteiger partial charge < -0.3 is 20.1 Å². The lowest BCUT2D eigenvalue weighted by Gasteiger charge is -2.26. The summed E-state index contributed by atoms with van der Waals surface area (Å²) in [7, 11) is 0. The van der Waals surface area contributed by atoms with Crippen LogP contribution < -0.4 is 10.6 Å². The van der Waals surface area contributed by atoms with Gasteiger partial charge in [-0.3, -0.25) is 4.79 Å². The van der Waals surface area contributed by atoms with Gasteiger partial charge in [-0.2, -0.15) is 0 Å². The fraction of sp³-hybridized carbons (Fsp3) is 0.400. The quantitative estimate of drug-likeness (QED) is 0.764. The normalized spacial score (nSPS) is 17.3. The van der Waals surface area contributed by atoms with Crippen LogP contribution in [0.25, 0.3) is 0 Å². The van der Waals surface area contributed by atoms with Crippen LogP contribution in [0.1, 0.15) is 18.7 Å². The van der Waals surface area contributed by atoms with E-state index >= 15 is 0 Å². The van der Waals surface area contributed by atoms with Crippen molar-refractivity contribution in [3.63, 3.8) is 0 Å². The summed E-state index contributed by atoms with van der Waals surface area (Å²) in [6.07, 6.45) is 0.154. The van der Waals surface area contributed by atoms with Gasteiger partial charge in [-0.25, -0.2) is 9.59 Å². The van der Waals surface area contributed by atoms with Crippen molar-refractivity contribution in [1.82, 2.24) is 10.6 Å². The Balaban J connectivity index is 2.06. The number of esters is 2. The molecule has 7 nitrogen and oxygen atoms in total. The maximum absolute atomic E-state index is 12.0. The molecule has 0 unspecified atom stereocenters. The molecular formula is C15H18N2O5S. The van der Waals surface area contributed by atoms with E-state index in [1.807, 2.05) is 17.5 Å². The number of carbonyl (C=O) groups is 3. The second kappa shape index (κ2) is 7.77. The van der Waals surface area contributed by atoms with Gasteiger partial charge in [0.25, 0.3) is 0 Å². The molecule has 0 aliphatic carbocycles. The number of hydrogen-bond acceptors (Lipinski definition) is 6. The number of ether oxygens (including phenoxy) is 2. The van der Waals surface area contributed by atoms with E-state index in [1.54, 1.807) is 13.8 Å². The Morgan fingerprint density at radius 3 is 2.78 bits per heavy atom. The Labute approximate surface area is 137 Å². The third-order valence-corrected chi connectivity index (χ3v) is 4.02. The van der Waals surface area contributed by atoms with Crippen LogP contribution in [-0.4, -0.2) is 37.2 Å². The van der Waals surface area contributed by atoms with Crippen molar-refractivity contribution in [1.29, 1.82) is 0 Å². The van der Waals surface area contributed by atoms with Crippen molar-refractivity contribution in [3.05, 3.63) is 33.7 Å². The Morgan fingerprint density at radius 2 is 2.13 bits per heavy atom. The van der Waals surface area contributed by atoms with Crippen LogP contribution in [-0.2, 0) is 25.5 Å². The van der Waals surface area contributed by atoms with Gasteiger partial charge in [0.05, 0.1) is 30.3 Å². The molecular weight excluding hydrogens is 320 g/mol. The fourth-order valence-corrected chi connectivity index (χ4v) is 2.84. The zero-order chi connectivity index (χ0) is 16.8. The second-order valence-corrected chi connectivity index (χ2v) is 5.88. The summed E-state index contributed by atoms with van der Waals surface area (Å²) >= 11 is 1.46. The molecule has 0 radical (unpaired) electrons. The number of rotatable bonds is 6. The lowest BCUT2D eigenvalue weighted by Crippen LogP contribution is -2.50. The molecule has 2 amide bonds. The standard InChI is InChI=1S/C15H18N2O5S/c1-3-21-14(19)13-9(2)16-15(20)17-11(13)8-22-12(18)7-10-5-4-6-23-10/h4-6,9H,3,7-8H2,1-2H3,(H2,16,17,20)/t9-/m1/s1. The molecule has 0 saturated heterocycles. The van der Waals surface area contributed by atoms with Crippen LogP contribution in [0.4, 0.5) is 4.79 Å². The summed E-state index contributed by atoms with van der Waals surface area (Å²) in [6.45, 7) is 3.39. The number of amides is 2. The van der Waals surface area contributed by atoms with E-state index < -0.39 is 24.0 Å². The molecule has 2 rings (SSSR count). The van der Waals surface area contributed by atoms with Gasteiger partial charge in [-0.1, -0.05) is 6.07 Å². The van der Waals surface area contributed by atoms with E-state index in [4.69, 9.17) is 9.47 Å². The molecule has 0 spiro atoms. The van der Waals surface area contributed by atoms with Crippen LogP contribution in [0.3, 0.4) is 0 Å². The van der Waals surface area contributed by atoms with E-state index in [0.717, 1.165) is 4.88 Å². The molecule has 0 saturated carbocycles. The number of hydrogen-bond donors (Lipinski definition) is 2. The smallest absolute Gasteiger partial charge is 0.338 e. The largest absolute Gasteiger partial charge is 0.463 e. The lowest BCUT2D eigenvalue weighted by atomic mass is 10.0. The van der Waals surface area contributed by atoms with Crippen LogP contribution in [0.5, 0.6) is 0 Å². The Kier molecular flexibility index (Phi) is 5.75. The van der Waals surface area contributed by atoms with Gasteiger partial charge in [0.1, 0.15) is 6.61 Å². The molecule has 1 aliphatic heterocycles. The highest BCUT2D eigenvalue weighted by Gasteiger charge is 2.30. The van der Waals surface area contributed by atoms with Crippen molar-refractivity contribution in [3.8, 4) is 0 Å². The first-order valence-electron chi connectivity index (χ1n) is 7.17. The molecule has 23 heavy (non-hydrogen) atoms. The Bertz CT molecular complexity index is 624. The zero-order valence-electron chi connectivity index (χ0n) is 12.9. The van der Waals surface area contributed by atoms with E-state index in [0.29, 0.717) is 0 Å². The second-order valence-electron chi connectivity index (χ2n) is 4.85. The summed E-state index contributed by atoms with van der Waals surface area (Å²) in [6, 6.07) is 2.72. The third-order valence-electron chi connectivity index (χ3n) is 3.14. The SMILES string of the molecule is CCOC(=O)C1=C(COC(=O)Cc2cccs2)NC(=O)N[C@@H]1C. The predicted molar refractivity (Wildman–Crippen MR) is 83.8 cm³/mol. The van der Waals surface area contributed by atoms with Crippen molar-refractivity contribution < 1.29 is 23.9 Å². The van der Waals surface area contributed by atoms with Gasteiger partial charge in [0.2, 0.25) is 0 Å². The predicted octanol–water partition coefficient (Wildman–Crippen LogP) is 1.35. The Morgan fingerprint density at radius 1 is 1.35 bits per heavy atom. The van der Waals surface area contributed by atoms with E-state index in [2.05, 4.69) is 10.6 Å². The molecule has 1 aromatic heterocycles. The molecule has 2 N–H and O–H groups in total. The molecule has 0 bridgehead atoms. The van der Waals surface area contributed by atoms with Crippen molar-refractivity contribution in [2.24, 2.45) is 0 Å². The summed E-state index contributed by atoms with van der Waals surface area (Å²) in [4.78, 5) is 36.3. The molecule has 1 atom stereocenters. The first kappa shape index (κ1) is 17.0. The molecule has 2 heterocycles. The average Bonchev–Trinajstić information content (AvgIpc) is 2.97. The van der Waals surface area contributed by atoms with Gasteiger partial charge in [-0.05, 0) is 25.3 Å². The van der Waals surface area contributed by atoms with Crippen LogP contribution in [0, 0.1) is 0 Å². The minimum absolute atomic E-state index is 0.154. The molecule has 0 fully saturated rings. The van der Waals surface area contributed by atoms with Gasteiger partial charge in [0, 0.05) is 4.88 Å². The maximum atomic E-state index is 12.0. The van der Waals surface area contributed by atoms with E-state index in [9.17, 15) is 14.4 Å². The molecule has 8 heteroatoms. The zero-order valence-corrected chi connectivity index (χ0v) is 13.7. The highest BCUT2D eigenvalue weighted by molar-refractivity contribution is 7.10. The summed E-state index contributed by atoms with van der Waals surface area (Å²) in [5, 5.41) is 6.95. The highest BCUT2D eigenvalue weighted by Crippen LogP contribution is 2.15. The third kappa shape index (κ3) is 4.56. The number of nitrogens with one attached hydrogen (secondary N) is 2. The topological polar surface area (TPSA) is 93.7 Å². The number of urea groups is 1. The summed E-state index contributed by atoms with van der Waals surface area (Å²) < 4.78 is 10.2. The van der Waals surface area contributed by atoms with E-state index in [-0.39, 0.29) is 30.9 Å².